The highest BCUT2D eigenvalue weighted by Gasteiger charge is 2.26. The summed E-state index contributed by atoms with van der Waals surface area (Å²) in [4.78, 5) is 6.79. The molecule has 6 heteroatoms. The maximum atomic E-state index is 5.43. The third-order valence-corrected chi connectivity index (χ3v) is 4.92. The van der Waals surface area contributed by atoms with Gasteiger partial charge in [-0.15, -0.1) is 24.0 Å². The summed E-state index contributed by atoms with van der Waals surface area (Å²) in [5.41, 5.74) is 2.48. The maximum absolute atomic E-state index is 5.43. The van der Waals surface area contributed by atoms with Crippen molar-refractivity contribution in [1.29, 1.82) is 0 Å². The molecule has 1 fully saturated rings. The standard InChI is InChI=1S/C21H27N3O2.HI/c1-22-21(23-14-17-6-4-5-7-20(17)26-3)24-13-12-18(15-24)16-8-10-19(25-2)11-9-16;/h4-11,18H,12-15H2,1-3H3,(H,22,23);1H. The summed E-state index contributed by atoms with van der Waals surface area (Å²) in [6.07, 6.45) is 1.13. The molecule has 5 nitrogen and oxygen atoms in total. The number of hydrogen-bond donors (Lipinski definition) is 1. The zero-order chi connectivity index (χ0) is 18.4. The number of nitrogens with zero attached hydrogens (tertiary/aromatic N) is 2. The zero-order valence-corrected chi connectivity index (χ0v) is 18.5. The zero-order valence-electron chi connectivity index (χ0n) is 16.1. The number of likely N-dealkylation sites (tertiary alicyclic amines) is 1. The lowest BCUT2D eigenvalue weighted by Gasteiger charge is -2.22. The Labute approximate surface area is 178 Å². The van der Waals surface area contributed by atoms with E-state index >= 15 is 0 Å². The molecule has 0 amide bonds. The molecule has 27 heavy (non-hydrogen) atoms. The Morgan fingerprint density at radius 2 is 1.85 bits per heavy atom. The molecule has 1 N–H and O–H groups in total. The number of benzene rings is 2. The van der Waals surface area contributed by atoms with Gasteiger partial charge >= 0.3 is 0 Å². The summed E-state index contributed by atoms with van der Waals surface area (Å²) in [5.74, 6) is 3.25. The number of ether oxygens (including phenoxy) is 2. The van der Waals surface area contributed by atoms with E-state index < -0.39 is 0 Å². The first-order chi connectivity index (χ1) is 12.7. The van der Waals surface area contributed by atoms with Crippen LogP contribution in [-0.4, -0.2) is 45.2 Å². The number of rotatable bonds is 5. The van der Waals surface area contributed by atoms with Gasteiger partial charge in [-0.05, 0) is 30.2 Å². The molecule has 146 valence electrons. The van der Waals surface area contributed by atoms with Crippen LogP contribution in [0.1, 0.15) is 23.5 Å². The van der Waals surface area contributed by atoms with Crippen LogP contribution in [0.2, 0.25) is 0 Å². The van der Waals surface area contributed by atoms with Crippen LogP contribution in [0.25, 0.3) is 0 Å². The van der Waals surface area contributed by atoms with E-state index in [0.717, 1.165) is 42.5 Å². The van der Waals surface area contributed by atoms with E-state index in [0.29, 0.717) is 12.5 Å². The normalized spacial score (nSPS) is 16.6. The summed E-state index contributed by atoms with van der Waals surface area (Å²) in [6, 6.07) is 16.5. The van der Waals surface area contributed by atoms with Crippen molar-refractivity contribution in [3.8, 4) is 11.5 Å². The molecule has 1 unspecified atom stereocenters. The summed E-state index contributed by atoms with van der Waals surface area (Å²) in [7, 11) is 5.24. The Morgan fingerprint density at radius 3 is 2.52 bits per heavy atom. The van der Waals surface area contributed by atoms with Gasteiger partial charge in [-0.25, -0.2) is 0 Å². The smallest absolute Gasteiger partial charge is 0.193 e. The lowest BCUT2D eigenvalue weighted by Crippen LogP contribution is -2.39. The summed E-state index contributed by atoms with van der Waals surface area (Å²) in [5, 5.41) is 3.47. The highest BCUT2D eigenvalue weighted by Crippen LogP contribution is 2.28. The van der Waals surface area contributed by atoms with E-state index in [2.05, 4.69) is 33.4 Å². The van der Waals surface area contributed by atoms with Crippen molar-refractivity contribution < 1.29 is 9.47 Å². The lowest BCUT2D eigenvalue weighted by atomic mass is 9.98. The molecule has 1 saturated heterocycles. The molecule has 1 aliphatic rings. The van der Waals surface area contributed by atoms with Crippen LogP contribution >= 0.6 is 24.0 Å². The second-order valence-corrected chi connectivity index (χ2v) is 6.42. The van der Waals surface area contributed by atoms with Gasteiger partial charge in [-0.1, -0.05) is 30.3 Å². The van der Waals surface area contributed by atoms with Gasteiger partial charge in [0.05, 0.1) is 14.2 Å². The van der Waals surface area contributed by atoms with Crippen LogP contribution < -0.4 is 14.8 Å². The van der Waals surface area contributed by atoms with E-state index in [1.54, 1.807) is 14.2 Å². The van der Waals surface area contributed by atoms with Gasteiger partial charge in [-0.2, -0.15) is 0 Å². The first-order valence-corrected chi connectivity index (χ1v) is 8.96. The molecule has 0 radical (unpaired) electrons. The largest absolute Gasteiger partial charge is 0.497 e. The Balaban J connectivity index is 0.00000261. The Morgan fingerprint density at radius 1 is 1.11 bits per heavy atom. The SMILES string of the molecule is CN=C(NCc1ccccc1OC)N1CCC(c2ccc(OC)cc2)C1.I. The van der Waals surface area contributed by atoms with Gasteiger partial charge in [0.1, 0.15) is 11.5 Å². The van der Waals surface area contributed by atoms with Crippen molar-refractivity contribution in [2.75, 3.05) is 34.4 Å². The molecule has 1 aliphatic heterocycles. The molecule has 1 atom stereocenters. The molecule has 2 aromatic carbocycles. The van der Waals surface area contributed by atoms with E-state index in [-0.39, 0.29) is 24.0 Å². The van der Waals surface area contributed by atoms with Crippen molar-refractivity contribution in [3.05, 3.63) is 59.7 Å². The van der Waals surface area contributed by atoms with Gasteiger partial charge in [0.25, 0.3) is 0 Å². The van der Waals surface area contributed by atoms with Crippen LogP contribution in [0.4, 0.5) is 0 Å². The molecule has 1 heterocycles. The lowest BCUT2D eigenvalue weighted by molar-refractivity contribution is 0.408. The van der Waals surface area contributed by atoms with E-state index in [4.69, 9.17) is 9.47 Å². The van der Waals surface area contributed by atoms with Crippen LogP contribution in [0.15, 0.2) is 53.5 Å². The molecule has 0 spiro atoms. The molecule has 0 aliphatic carbocycles. The second-order valence-electron chi connectivity index (χ2n) is 6.42. The topological polar surface area (TPSA) is 46.1 Å². The van der Waals surface area contributed by atoms with Gasteiger partial charge in [0, 0.05) is 38.2 Å². The van der Waals surface area contributed by atoms with Crippen molar-refractivity contribution in [3.63, 3.8) is 0 Å². The summed E-state index contributed by atoms with van der Waals surface area (Å²) >= 11 is 0. The van der Waals surface area contributed by atoms with Gasteiger partial charge in [0.2, 0.25) is 0 Å². The first kappa shape index (κ1) is 21.3. The van der Waals surface area contributed by atoms with Crippen molar-refractivity contribution >= 4 is 29.9 Å². The number of aliphatic imine (C=N–C) groups is 1. The third-order valence-electron chi connectivity index (χ3n) is 4.92. The third kappa shape index (κ3) is 5.28. The maximum Gasteiger partial charge on any atom is 0.193 e. The number of nitrogens with one attached hydrogen (secondary N) is 1. The van der Waals surface area contributed by atoms with Crippen LogP contribution in [0.5, 0.6) is 11.5 Å². The van der Waals surface area contributed by atoms with E-state index in [9.17, 15) is 0 Å². The number of methoxy groups -OCH3 is 2. The predicted molar refractivity (Wildman–Crippen MR) is 121 cm³/mol. The fraction of sp³-hybridized carbons (Fsp3) is 0.381. The quantitative estimate of drug-likeness (QED) is 0.400. The minimum Gasteiger partial charge on any atom is -0.497 e. The predicted octanol–water partition coefficient (Wildman–Crippen LogP) is 3.89. The first-order valence-electron chi connectivity index (χ1n) is 8.96. The number of hydrogen-bond acceptors (Lipinski definition) is 3. The summed E-state index contributed by atoms with van der Waals surface area (Å²) in [6.45, 7) is 2.67. The Kier molecular flexibility index (Phi) is 8.22. The average molecular weight is 481 g/mol. The van der Waals surface area contributed by atoms with Gasteiger partial charge < -0.3 is 19.7 Å². The fourth-order valence-electron chi connectivity index (χ4n) is 3.46. The second kappa shape index (κ2) is 10.4. The van der Waals surface area contributed by atoms with Crippen LogP contribution in [-0.2, 0) is 6.54 Å². The fourth-order valence-corrected chi connectivity index (χ4v) is 3.46. The van der Waals surface area contributed by atoms with Crippen molar-refractivity contribution in [2.45, 2.75) is 18.9 Å². The molecule has 2 aromatic rings. The van der Waals surface area contributed by atoms with E-state index in [1.165, 1.54) is 5.56 Å². The van der Waals surface area contributed by atoms with Crippen molar-refractivity contribution in [1.82, 2.24) is 10.2 Å². The Bertz CT molecular complexity index is 749. The minimum atomic E-state index is 0. The van der Waals surface area contributed by atoms with Gasteiger partial charge in [-0.3, -0.25) is 4.99 Å². The highest BCUT2D eigenvalue weighted by molar-refractivity contribution is 14.0. The number of halogens is 1. The number of guanidine groups is 1. The van der Waals surface area contributed by atoms with E-state index in [1.807, 2.05) is 37.4 Å². The molecule has 0 aromatic heterocycles. The molecule has 0 bridgehead atoms. The molecular formula is C21H28IN3O2. The summed E-state index contributed by atoms with van der Waals surface area (Å²) < 4.78 is 10.7. The van der Waals surface area contributed by atoms with Gasteiger partial charge in [0.15, 0.2) is 5.96 Å². The minimum absolute atomic E-state index is 0. The molecule has 3 rings (SSSR count). The highest BCUT2D eigenvalue weighted by atomic mass is 127. The monoisotopic (exact) mass is 481 g/mol. The molecular weight excluding hydrogens is 453 g/mol. The molecule has 0 saturated carbocycles. The number of para-hydroxylation sites is 1. The van der Waals surface area contributed by atoms with Crippen molar-refractivity contribution in [2.24, 2.45) is 4.99 Å². The Hall–Kier alpha value is -1.96. The van der Waals surface area contributed by atoms with Crippen LogP contribution in [0.3, 0.4) is 0 Å². The van der Waals surface area contributed by atoms with Crippen LogP contribution in [0, 0.1) is 0 Å². The average Bonchev–Trinajstić information content (AvgIpc) is 3.19.